The summed E-state index contributed by atoms with van der Waals surface area (Å²) < 4.78 is 59.2. The minimum atomic E-state index is -3.44. The van der Waals surface area contributed by atoms with E-state index < -0.39 is 34.5 Å². The average Bonchev–Trinajstić information content (AvgIpc) is 2.93. The number of nitrogens with zero attached hydrogens (tertiary/aromatic N) is 1. The second-order valence-electron chi connectivity index (χ2n) is 5.84. The van der Waals surface area contributed by atoms with E-state index in [1.54, 1.807) is 0 Å². The maximum absolute atomic E-state index is 12.3. The molecule has 0 aromatic heterocycles. The molecule has 0 bridgehead atoms. The molecule has 1 N–H and O–H groups in total. The van der Waals surface area contributed by atoms with E-state index in [9.17, 15) is 22.0 Å². The molecule has 25 heavy (non-hydrogen) atoms. The summed E-state index contributed by atoms with van der Waals surface area (Å²) in [6.07, 6.45) is 0. The van der Waals surface area contributed by atoms with E-state index in [0.29, 0.717) is 0 Å². The topological polar surface area (TPSA) is 84.9 Å². The van der Waals surface area contributed by atoms with Gasteiger partial charge >= 0.3 is 6.61 Å². The van der Waals surface area contributed by atoms with Gasteiger partial charge in [0.25, 0.3) is 5.91 Å². The summed E-state index contributed by atoms with van der Waals surface area (Å²) in [5, 5.41) is 2.70. The number of hydrogen-bond donors (Lipinski definition) is 1. The third kappa shape index (κ3) is 5.35. The van der Waals surface area contributed by atoms with Crippen molar-refractivity contribution in [3.8, 4) is 5.75 Å². The molecule has 0 radical (unpaired) electrons. The van der Waals surface area contributed by atoms with Crippen LogP contribution < -0.4 is 10.1 Å². The highest BCUT2D eigenvalue weighted by Gasteiger charge is 2.34. The summed E-state index contributed by atoms with van der Waals surface area (Å²) in [7, 11) is -0.561. The van der Waals surface area contributed by atoms with Gasteiger partial charge in [-0.1, -0.05) is 6.07 Å². The predicted molar refractivity (Wildman–Crippen MR) is 86.1 cm³/mol. The van der Waals surface area contributed by atoms with Crippen molar-refractivity contribution in [3.63, 3.8) is 0 Å². The molecule has 1 aliphatic heterocycles. The number of sulfonamides is 1. The molecule has 7 nitrogen and oxygen atoms in total. The van der Waals surface area contributed by atoms with Crippen LogP contribution in [0.2, 0.25) is 0 Å². The van der Waals surface area contributed by atoms with Gasteiger partial charge in [-0.2, -0.15) is 8.78 Å². The Morgan fingerprint density at radius 2 is 2.12 bits per heavy atom. The average molecular weight is 378 g/mol. The van der Waals surface area contributed by atoms with Crippen molar-refractivity contribution < 1.29 is 31.5 Å². The van der Waals surface area contributed by atoms with Crippen LogP contribution in [0.5, 0.6) is 5.75 Å². The Hall–Kier alpha value is -1.78. The SMILES string of the molecule is CN(C)S(=O)(=O)C[C@@H]1COC[C@H]1NC(=O)c1cccc(OC(F)F)c1. The molecular formula is C15H20F2N2O5S. The Bertz CT molecular complexity index is 712. The fraction of sp³-hybridized carbons (Fsp3) is 0.533. The van der Waals surface area contributed by atoms with Crippen LogP contribution in [0.15, 0.2) is 24.3 Å². The van der Waals surface area contributed by atoms with Gasteiger partial charge in [-0.15, -0.1) is 0 Å². The van der Waals surface area contributed by atoms with Gasteiger partial charge < -0.3 is 14.8 Å². The highest BCUT2D eigenvalue weighted by atomic mass is 32.2. The molecule has 1 aromatic carbocycles. The van der Waals surface area contributed by atoms with Gasteiger partial charge in [0.1, 0.15) is 5.75 Å². The first kappa shape index (κ1) is 19.5. The Kier molecular flexibility index (Phi) is 6.31. The number of ether oxygens (including phenoxy) is 2. The maximum Gasteiger partial charge on any atom is 0.387 e. The van der Waals surface area contributed by atoms with Gasteiger partial charge in [-0.25, -0.2) is 12.7 Å². The number of nitrogens with one attached hydrogen (secondary N) is 1. The lowest BCUT2D eigenvalue weighted by atomic mass is 10.1. The van der Waals surface area contributed by atoms with Gasteiger partial charge in [0.15, 0.2) is 0 Å². The van der Waals surface area contributed by atoms with Crippen molar-refractivity contribution >= 4 is 15.9 Å². The van der Waals surface area contributed by atoms with Crippen LogP contribution in [-0.2, 0) is 14.8 Å². The smallest absolute Gasteiger partial charge is 0.387 e. The van der Waals surface area contributed by atoms with Crippen LogP contribution >= 0.6 is 0 Å². The monoisotopic (exact) mass is 378 g/mol. The quantitative estimate of drug-likeness (QED) is 0.763. The number of amides is 1. The third-order valence-electron chi connectivity index (χ3n) is 3.82. The van der Waals surface area contributed by atoms with Crippen LogP contribution in [0.4, 0.5) is 8.78 Å². The van der Waals surface area contributed by atoms with Crippen LogP contribution in [0.3, 0.4) is 0 Å². The molecule has 1 saturated heterocycles. The molecule has 10 heteroatoms. The summed E-state index contributed by atoms with van der Waals surface area (Å²) in [4.78, 5) is 12.3. The summed E-state index contributed by atoms with van der Waals surface area (Å²) in [5.74, 6) is -1.18. The zero-order valence-electron chi connectivity index (χ0n) is 13.8. The standard InChI is InChI=1S/C15H20F2N2O5S/c1-19(2)25(21,22)9-11-7-23-8-13(11)18-14(20)10-4-3-5-12(6-10)24-15(16)17/h3-6,11,13,15H,7-9H2,1-2H3,(H,18,20)/t11-,13+/m0/s1. The Balaban J connectivity index is 2.04. The molecule has 0 spiro atoms. The van der Waals surface area contributed by atoms with Crippen LogP contribution in [0.25, 0.3) is 0 Å². The normalized spacial score (nSPS) is 20.9. The van der Waals surface area contributed by atoms with Crippen LogP contribution in [0, 0.1) is 5.92 Å². The van der Waals surface area contributed by atoms with E-state index in [1.165, 1.54) is 38.4 Å². The zero-order valence-corrected chi connectivity index (χ0v) is 14.6. The first-order chi connectivity index (χ1) is 11.7. The van der Waals surface area contributed by atoms with Gasteiger partial charge in [0, 0.05) is 25.6 Å². The predicted octanol–water partition coefficient (Wildman–Crippen LogP) is 0.924. The van der Waals surface area contributed by atoms with Gasteiger partial charge in [0.05, 0.1) is 25.0 Å². The third-order valence-corrected chi connectivity index (χ3v) is 5.78. The molecule has 1 fully saturated rings. The first-order valence-corrected chi connectivity index (χ1v) is 9.13. The molecule has 1 heterocycles. The molecule has 0 aliphatic carbocycles. The van der Waals surface area contributed by atoms with Crippen LogP contribution in [0.1, 0.15) is 10.4 Å². The van der Waals surface area contributed by atoms with Crippen molar-refractivity contribution in [2.24, 2.45) is 5.92 Å². The lowest BCUT2D eigenvalue weighted by Crippen LogP contribution is -2.43. The first-order valence-electron chi connectivity index (χ1n) is 7.52. The van der Waals surface area contributed by atoms with E-state index in [1.807, 2.05) is 0 Å². The Morgan fingerprint density at radius 3 is 2.76 bits per heavy atom. The molecule has 0 saturated carbocycles. The lowest BCUT2D eigenvalue weighted by molar-refractivity contribution is -0.0498. The van der Waals surface area contributed by atoms with Crippen molar-refractivity contribution in [1.29, 1.82) is 0 Å². The second-order valence-corrected chi connectivity index (χ2v) is 8.07. The summed E-state index contributed by atoms with van der Waals surface area (Å²) in [6, 6.07) is 4.90. The van der Waals surface area contributed by atoms with E-state index in [2.05, 4.69) is 10.1 Å². The minimum absolute atomic E-state index is 0.128. The maximum atomic E-state index is 12.3. The van der Waals surface area contributed by atoms with Gasteiger partial charge in [-0.3, -0.25) is 4.79 Å². The number of carbonyl (C=O) groups excluding carboxylic acids is 1. The number of hydrogen-bond acceptors (Lipinski definition) is 5. The van der Waals surface area contributed by atoms with Crippen molar-refractivity contribution in [3.05, 3.63) is 29.8 Å². The number of alkyl halides is 2. The number of rotatable bonds is 7. The highest BCUT2D eigenvalue weighted by Crippen LogP contribution is 2.19. The second kappa shape index (κ2) is 8.07. The number of halogens is 2. The van der Waals surface area contributed by atoms with Gasteiger partial charge in [-0.05, 0) is 18.2 Å². The number of benzene rings is 1. The minimum Gasteiger partial charge on any atom is -0.435 e. The van der Waals surface area contributed by atoms with E-state index >= 15 is 0 Å². The molecule has 0 unspecified atom stereocenters. The fourth-order valence-electron chi connectivity index (χ4n) is 2.41. The Morgan fingerprint density at radius 1 is 1.40 bits per heavy atom. The summed E-state index contributed by atoms with van der Waals surface area (Å²) in [5.41, 5.74) is 0.138. The molecular weight excluding hydrogens is 358 g/mol. The lowest BCUT2D eigenvalue weighted by Gasteiger charge is -2.21. The molecule has 2 rings (SSSR count). The molecule has 2 atom stereocenters. The Labute approximate surface area is 145 Å². The van der Waals surface area contributed by atoms with E-state index in [4.69, 9.17) is 4.74 Å². The van der Waals surface area contributed by atoms with Gasteiger partial charge in [0.2, 0.25) is 10.0 Å². The van der Waals surface area contributed by atoms with Crippen molar-refractivity contribution in [2.75, 3.05) is 33.1 Å². The number of carbonyl (C=O) groups is 1. The molecule has 1 aliphatic rings. The highest BCUT2D eigenvalue weighted by molar-refractivity contribution is 7.89. The summed E-state index contributed by atoms with van der Waals surface area (Å²) in [6.45, 7) is -2.58. The largest absolute Gasteiger partial charge is 0.435 e. The molecule has 1 amide bonds. The fourth-order valence-corrected chi connectivity index (χ4v) is 3.57. The van der Waals surface area contributed by atoms with Crippen molar-refractivity contribution in [1.82, 2.24) is 9.62 Å². The summed E-state index contributed by atoms with van der Waals surface area (Å²) >= 11 is 0. The molecule has 140 valence electrons. The van der Waals surface area contributed by atoms with Crippen LogP contribution in [-0.4, -0.2) is 64.3 Å². The zero-order chi connectivity index (χ0) is 18.6. The van der Waals surface area contributed by atoms with E-state index in [-0.39, 0.29) is 30.3 Å². The molecule has 1 aromatic rings. The van der Waals surface area contributed by atoms with Crippen molar-refractivity contribution in [2.45, 2.75) is 12.7 Å². The van der Waals surface area contributed by atoms with E-state index in [0.717, 1.165) is 4.31 Å².